The van der Waals surface area contributed by atoms with Crippen molar-refractivity contribution in [2.45, 2.75) is 12.3 Å². The van der Waals surface area contributed by atoms with Crippen LogP contribution in [0, 0.1) is 0 Å². The summed E-state index contributed by atoms with van der Waals surface area (Å²) in [5.41, 5.74) is 1.54. The number of ether oxygens (including phenoxy) is 1. The molecule has 98 valence electrons. The van der Waals surface area contributed by atoms with E-state index in [9.17, 15) is 9.59 Å². The van der Waals surface area contributed by atoms with E-state index >= 15 is 0 Å². The zero-order valence-corrected chi connectivity index (χ0v) is 11.2. The van der Waals surface area contributed by atoms with Crippen molar-refractivity contribution in [2.75, 3.05) is 20.7 Å². The molecule has 4 nitrogen and oxygen atoms in total. The number of alkyl halides is 1. The van der Waals surface area contributed by atoms with Gasteiger partial charge in [-0.05, 0) is 17.7 Å². The van der Waals surface area contributed by atoms with Crippen LogP contribution in [0.15, 0.2) is 24.3 Å². The summed E-state index contributed by atoms with van der Waals surface area (Å²) < 4.78 is 4.52. The second-order valence-corrected chi connectivity index (χ2v) is 4.15. The molecule has 1 amide bonds. The van der Waals surface area contributed by atoms with Gasteiger partial charge in [0.15, 0.2) is 0 Å². The summed E-state index contributed by atoms with van der Waals surface area (Å²) in [6, 6.07) is 7.09. The molecule has 0 fully saturated rings. The van der Waals surface area contributed by atoms with Crippen molar-refractivity contribution >= 4 is 23.5 Å². The van der Waals surface area contributed by atoms with Crippen molar-refractivity contribution in [2.24, 2.45) is 0 Å². The second-order valence-electron chi connectivity index (χ2n) is 3.88. The van der Waals surface area contributed by atoms with E-state index in [2.05, 4.69) is 4.74 Å². The molecule has 0 saturated heterocycles. The number of carbonyl (C=O) groups is 2. The summed E-state index contributed by atoms with van der Waals surface area (Å²) in [6.45, 7) is 0.336. The predicted molar refractivity (Wildman–Crippen MR) is 69.6 cm³/mol. The smallest absolute Gasteiger partial charge is 0.307 e. The number of methoxy groups -OCH3 is 1. The summed E-state index contributed by atoms with van der Waals surface area (Å²) in [5.74, 6) is -0.0284. The number of nitrogens with zero attached hydrogens (tertiary/aromatic N) is 1. The molecule has 1 aromatic carbocycles. The molecule has 0 N–H and O–H groups in total. The fourth-order valence-electron chi connectivity index (χ4n) is 1.42. The largest absolute Gasteiger partial charge is 0.469 e. The molecule has 0 aromatic heterocycles. The summed E-state index contributed by atoms with van der Waals surface area (Å²) in [4.78, 5) is 24.5. The molecule has 0 bridgehead atoms. The summed E-state index contributed by atoms with van der Waals surface area (Å²) in [6.07, 6.45) is 0.193. The number of esters is 1. The minimum atomic E-state index is -0.327. The van der Waals surface area contributed by atoms with Crippen LogP contribution in [-0.2, 0) is 15.4 Å². The lowest BCUT2D eigenvalue weighted by Gasteiger charge is -2.16. The number of rotatable bonds is 5. The normalized spacial score (nSPS) is 9.94. The molecular formula is C13H16ClNO3. The van der Waals surface area contributed by atoms with Crippen molar-refractivity contribution in [3.63, 3.8) is 0 Å². The molecule has 0 spiro atoms. The van der Waals surface area contributed by atoms with Crippen molar-refractivity contribution in [1.82, 2.24) is 4.90 Å². The van der Waals surface area contributed by atoms with E-state index in [4.69, 9.17) is 11.6 Å². The molecule has 0 heterocycles. The number of benzene rings is 1. The van der Waals surface area contributed by atoms with Crippen LogP contribution in [0.4, 0.5) is 0 Å². The van der Waals surface area contributed by atoms with Gasteiger partial charge in [0.2, 0.25) is 0 Å². The van der Waals surface area contributed by atoms with Gasteiger partial charge in [0.1, 0.15) is 0 Å². The highest BCUT2D eigenvalue weighted by Crippen LogP contribution is 2.09. The first-order valence-electron chi connectivity index (χ1n) is 5.55. The van der Waals surface area contributed by atoms with Gasteiger partial charge in [-0.25, -0.2) is 0 Å². The number of carbonyl (C=O) groups excluding carboxylic acids is 2. The summed E-state index contributed by atoms with van der Waals surface area (Å²) in [7, 11) is 2.98. The Labute approximate surface area is 111 Å². The first-order valence-corrected chi connectivity index (χ1v) is 6.09. The van der Waals surface area contributed by atoms with Crippen LogP contribution in [-0.4, -0.2) is 37.5 Å². The van der Waals surface area contributed by atoms with Gasteiger partial charge < -0.3 is 9.64 Å². The van der Waals surface area contributed by atoms with Crippen LogP contribution in [0.2, 0.25) is 0 Å². The summed E-state index contributed by atoms with van der Waals surface area (Å²) in [5, 5.41) is 0. The van der Waals surface area contributed by atoms with Gasteiger partial charge in [0.05, 0.1) is 13.5 Å². The molecule has 1 rings (SSSR count). The van der Waals surface area contributed by atoms with Crippen LogP contribution in [0.3, 0.4) is 0 Å². The fourth-order valence-corrected chi connectivity index (χ4v) is 1.60. The molecule has 5 heteroatoms. The molecule has 0 aliphatic rings. The Kier molecular flexibility index (Phi) is 5.65. The Morgan fingerprint density at radius 3 is 2.39 bits per heavy atom. The quantitative estimate of drug-likeness (QED) is 0.607. The predicted octanol–water partition coefficient (Wildman–Crippen LogP) is 2.06. The maximum atomic E-state index is 12.0. The van der Waals surface area contributed by atoms with Crippen molar-refractivity contribution in [3.05, 3.63) is 35.4 Å². The second kappa shape index (κ2) is 7.01. The van der Waals surface area contributed by atoms with Gasteiger partial charge >= 0.3 is 5.97 Å². The van der Waals surface area contributed by atoms with E-state index < -0.39 is 0 Å². The van der Waals surface area contributed by atoms with Gasteiger partial charge in [0.25, 0.3) is 5.91 Å². The fraction of sp³-hybridized carbons (Fsp3) is 0.385. The SMILES string of the molecule is COC(=O)CCN(C)C(=O)c1ccc(CCl)cc1. The maximum absolute atomic E-state index is 12.0. The van der Waals surface area contributed by atoms with Crippen LogP contribution in [0.1, 0.15) is 22.3 Å². The Morgan fingerprint density at radius 2 is 1.89 bits per heavy atom. The highest BCUT2D eigenvalue weighted by Gasteiger charge is 2.12. The molecule has 0 radical (unpaired) electrons. The monoisotopic (exact) mass is 269 g/mol. The van der Waals surface area contributed by atoms with Gasteiger partial charge in [-0.3, -0.25) is 9.59 Å². The van der Waals surface area contributed by atoms with E-state index in [1.54, 1.807) is 19.2 Å². The Balaban J connectivity index is 2.59. The number of amides is 1. The van der Waals surface area contributed by atoms with Crippen LogP contribution in [0.25, 0.3) is 0 Å². The van der Waals surface area contributed by atoms with E-state index in [0.717, 1.165) is 5.56 Å². The lowest BCUT2D eigenvalue weighted by atomic mass is 10.1. The first kappa shape index (κ1) is 14.5. The molecule has 0 aliphatic heterocycles. The lowest BCUT2D eigenvalue weighted by molar-refractivity contribution is -0.140. The highest BCUT2D eigenvalue weighted by molar-refractivity contribution is 6.17. The van der Waals surface area contributed by atoms with Gasteiger partial charge in [-0.2, -0.15) is 0 Å². The molecule has 0 saturated carbocycles. The van der Waals surface area contributed by atoms with E-state index in [1.807, 2.05) is 12.1 Å². The Hall–Kier alpha value is -1.55. The average Bonchev–Trinajstić information content (AvgIpc) is 2.43. The molecule has 0 aliphatic carbocycles. The molecule has 18 heavy (non-hydrogen) atoms. The lowest BCUT2D eigenvalue weighted by Crippen LogP contribution is -2.29. The van der Waals surface area contributed by atoms with E-state index in [0.29, 0.717) is 18.0 Å². The number of hydrogen-bond donors (Lipinski definition) is 0. The van der Waals surface area contributed by atoms with Crippen molar-refractivity contribution in [3.8, 4) is 0 Å². The average molecular weight is 270 g/mol. The van der Waals surface area contributed by atoms with E-state index in [-0.39, 0.29) is 18.3 Å². The minimum absolute atomic E-state index is 0.125. The van der Waals surface area contributed by atoms with Crippen molar-refractivity contribution < 1.29 is 14.3 Å². The molecular weight excluding hydrogens is 254 g/mol. The van der Waals surface area contributed by atoms with E-state index in [1.165, 1.54) is 12.0 Å². The van der Waals surface area contributed by atoms with Gasteiger partial charge in [0, 0.05) is 25.0 Å². The Morgan fingerprint density at radius 1 is 1.28 bits per heavy atom. The third-order valence-electron chi connectivity index (χ3n) is 2.58. The van der Waals surface area contributed by atoms with Crippen LogP contribution < -0.4 is 0 Å². The Bertz CT molecular complexity index is 417. The van der Waals surface area contributed by atoms with Crippen LogP contribution in [0.5, 0.6) is 0 Å². The van der Waals surface area contributed by atoms with Gasteiger partial charge in [-0.15, -0.1) is 11.6 Å². The third-order valence-corrected chi connectivity index (χ3v) is 2.89. The van der Waals surface area contributed by atoms with Crippen molar-refractivity contribution in [1.29, 1.82) is 0 Å². The standard InChI is InChI=1S/C13H16ClNO3/c1-15(8-7-12(16)18-2)13(17)11-5-3-10(9-14)4-6-11/h3-6H,7-9H2,1-2H3. The number of halogens is 1. The topological polar surface area (TPSA) is 46.6 Å². The zero-order valence-electron chi connectivity index (χ0n) is 10.5. The van der Waals surface area contributed by atoms with Crippen LogP contribution >= 0.6 is 11.6 Å². The molecule has 1 aromatic rings. The number of hydrogen-bond acceptors (Lipinski definition) is 3. The minimum Gasteiger partial charge on any atom is -0.469 e. The maximum Gasteiger partial charge on any atom is 0.307 e. The van der Waals surface area contributed by atoms with Gasteiger partial charge in [-0.1, -0.05) is 12.1 Å². The first-order chi connectivity index (χ1) is 8.58. The zero-order chi connectivity index (χ0) is 13.5. The molecule has 0 unspecified atom stereocenters. The third kappa shape index (κ3) is 4.04. The highest BCUT2D eigenvalue weighted by atomic mass is 35.5. The summed E-state index contributed by atoms with van der Waals surface area (Å²) >= 11 is 5.68. The molecule has 0 atom stereocenters.